The number of carbonyl (C=O) groups excluding carboxylic acids is 2. The minimum Gasteiger partial charge on any atom is -0.495 e. The van der Waals surface area contributed by atoms with Gasteiger partial charge in [-0.3, -0.25) is 4.79 Å². The van der Waals surface area contributed by atoms with Gasteiger partial charge in [0.25, 0.3) is 5.91 Å². The SMILES string of the molecule is COc1ccccc1N1C(=O)N[C@H]([C@@H](O)[C@H](O)[C@H](O)CO)C1=O. The molecule has 126 valence electrons. The van der Waals surface area contributed by atoms with Crippen LogP contribution in [-0.4, -0.2) is 70.4 Å². The maximum Gasteiger partial charge on any atom is 0.329 e. The molecular weight excluding hydrogens is 308 g/mol. The van der Waals surface area contributed by atoms with Gasteiger partial charge in [0.15, 0.2) is 0 Å². The van der Waals surface area contributed by atoms with E-state index in [9.17, 15) is 24.9 Å². The van der Waals surface area contributed by atoms with Crippen LogP contribution in [0, 0.1) is 0 Å². The third-order valence-corrected chi connectivity index (χ3v) is 3.57. The fraction of sp³-hybridized carbons (Fsp3) is 0.429. The highest BCUT2D eigenvalue weighted by atomic mass is 16.5. The van der Waals surface area contributed by atoms with Crippen molar-refractivity contribution in [3.63, 3.8) is 0 Å². The van der Waals surface area contributed by atoms with E-state index < -0.39 is 42.9 Å². The van der Waals surface area contributed by atoms with Crippen LogP contribution in [0.2, 0.25) is 0 Å². The summed E-state index contributed by atoms with van der Waals surface area (Å²) in [4.78, 5) is 25.3. The quantitative estimate of drug-likeness (QED) is 0.388. The average molecular weight is 326 g/mol. The molecule has 0 aliphatic carbocycles. The van der Waals surface area contributed by atoms with Gasteiger partial charge in [0.05, 0.1) is 19.4 Å². The number of aliphatic hydroxyl groups is 4. The molecule has 0 radical (unpaired) electrons. The van der Waals surface area contributed by atoms with Crippen molar-refractivity contribution >= 4 is 17.6 Å². The number of para-hydroxylation sites is 2. The molecule has 3 amide bonds. The molecule has 1 aliphatic heterocycles. The number of amides is 3. The number of benzene rings is 1. The van der Waals surface area contributed by atoms with Crippen LogP contribution in [0.1, 0.15) is 0 Å². The van der Waals surface area contributed by atoms with Gasteiger partial charge >= 0.3 is 6.03 Å². The highest BCUT2D eigenvalue weighted by Crippen LogP contribution is 2.30. The molecule has 4 atom stereocenters. The van der Waals surface area contributed by atoms with Crippen molar-refractivity contribution in [3.8, 4) is 5.75 Å². The van der Waals surface area contributed by atoms with E-state index in [4.69, 9.17) is 9.84 Å². The third-order valence-electron chi connectivity index (χ3n) is 3.57. The molecule has 0 unspecified atom stereocenters. The molecule has 0 aromatic heterocycles. The molecular formula is C14H18N2O7. The van der Waals surface area contributed by atoms with Crippen LogP contribution in [-0.2, 0) is 4.79 Å². The smallest absolute Gasteiger partial charge is 0.329 e. The van der Waals surface area contributed by atoms with E-state index in [1.807, 2.05) is 0 Å². The van der Waals surface area contributed by atoms with E-state index >= 15 is 0 Å². The Bertz CT molecular complexity index is 594. The zero-order chi connectivity index (χ0) is 17.1. The molecule has 1 heterocycles. The van der Waals surface area contributed by atoms with E-state index in [2.05, 4.69) is 5.32 Å². The number of carbonyl (C=O) groups is 2. The van der Waals surface area contributed by atoms with Gasteiger partial charge in [0.2, 0.25) is 0 Å². The molecule has 1 aliphatic rings. The standard InChI is InChI=1S/C14H18N2O7/c1-23-9-5-3-2-4-7(9)16-13(21)10(15-14(16)22)12(20)11(19)8(18)6-17/h2-5,8,10-12,17-20H,6H2,1H3,(H,15,22)/t8-,10-,11-,12-/m1/s1. The van der Waals surface area contributed by atoms with Gasteiger partial charge in [-0.1, -0.05) is 12.1 Å². The van der Waals surface area contributed by atoms with E-state index in [1.54, 1.807) is 18.2 Å². The third kappa shape index (κ3) is 3.13. The second kappa shape index (κ2) is 6.92. The molecule has 2 rings (SSSR count). The summed E-state index contributed by atoms with van der Waals surface area (Å²) in [7, 11) is 1.38. The highest BCUT2D eigenvalue weighted by Gasteiger charge is 2.46. The number of hydrogen-bond donors (Lipinski definition) is 5. The van der Waals surface area contributed by atoms with Crippen molar-refractivity contribution in [2.45, 2.75) is 24.4 Å². The molecule has 1 aromatic rings. The van der Waals surface area contributed by atoms with Crippen LogP contribution >= 0.6 is 0 Å². The van der Waals surface area contributed by atoms with Crippen molar-refractivity contribution in [3.05, 3.63) is 24.3 Å². The van der Waals surface area contributed by atoms with Crippen LogP contribution < -0.4 is 15.0 Å². The molecule has 1 fully saturated rings. The minimum atomic E-state index is -1.80. The van der Waals surface area contributed by atoms with Crippen LogP contribution in [0.25, 0.3) is 0 Å². The minimum absolute atomic E-state index is 0.185. The van der Waals surface area contributed by atoms with Crippen molar-refractivity contribution in [2.24, 2.45) is 0 Å². The zero-order valence-electron chi connectivity index (χ0n) is 12.3. The number of imide groups is 1. The first-order valence-electron chi connectivity index (χ1n) is 6.85. The molecule has 1 saturated heterocycles. The Kier molecular flexibility index (Phi) is 5.16. The summed E-state index contributed by atoms with van der Waals surface area (Å²) in [5.41, 5.74) is 0.185. The van der Waals surface area contributed by atoms with Crippen molar-refractivity contribution < 1.29 is 34.8 Å². The molecule has 9 heteroatoms. The Hall–Kier alpha value is -2.20. The van der Waals surface area contributed by atoms with Gasteiger partial charge in [-0.2, -0.15) is 0 Å². The van der Waals surface area contributed by atoms with Crippen molar-refractivity contribution in [2.75, 3.05) is 18.6 Å². The Labute approximate surface area is 131 Å². The number of nitrogens with one attached hydrogen (secondary N) is 1. The number of rotatable bonds is 6. The van der Waals surface area contributed by atoms with Gasteiger partial charge in [-0.15, -0.1) is 0 Å². The first kappa shape index (κ1) is 17.2. The highest BCUT2D eigenvalue weighted by molar-refractivity contribution is 6.22. The molecule has 0 bridgehead atoms. The number of nitrogens with zero attached hydrogens (tertiary/aromatic N) is 1. The Morgan fingerprint density at radius 3 is 2.52 bits per heavy atom. The Morgan fingerprint density at radius 1 is 1.26 bits per heavy atom. The number of aliphatic hydroxyl groups excluding tert-OH is 4. The van der Waals surface area contributed by atoms with Crippen LogP contribution in [0.15, 0.2) is 24.3 Å². The lowest BCUT2D eigenvalue weighted by Gasteiger charge is -2.24. The summed E-state index contributed by atoms with van der Waals surface area (Å²) >= 11 is 0. The van der Waals surface area contributed by atoms with E-state index in [-0.39, 0.29) is 11.4 Å². The zero-order valence-corrected chi connectivity index (χ0v) is 12.3. The van der Waals surface area contributed by atoms with Crippen LogP contribution in [0.3, 0.4) is 0 Å². The predicted molar refractivity (Wildman–Crippen MR) is 77.9 cm³/mol. The molecule has 0 spiro atoms. The molecule has 0 saturated carbocycles. The number of methoxy groups -OCH3 is 1. The topological polar surface area (TPSA) is 140 Å². The summed E-state index contributed by atoms with van der Waals surface area (Å²) in [6.45, 7) is -0.802. The van der Waals surface area contributed by atoms with Gasteiger partial charge < -0.3 is 30.5 Å². The maximum absolute atomic E-state index is 12.4. The van der Waals surface area contributed by atoms with Crippen LogP contribution in [0.5, 0.6) is 5.75 Å². The van der Waals surface area contributed by atoms with E-state index in [0.717, 1.165) is 4.90 Å². The molecule has 1 aromatic carbocycles. The molecule has 23 heavy (non-hydrogen) atoms. The first-order chi connectivity index (χ1) is 10.9. The van der Waals surface area contributed by atoms with Crippen LogP contribution in [0.4, 0.5) is 10.5 Å². The van der Waals surface area contributed by atoms with Gasteiger partial charge in [-0.05, 0) is 12.1 Å². The molecule has 9 nitrogen and oxygen atoms in total. The number of urea groups is 1. The van der Waals surface area contributed by atoms with Crippen molar-refractivity contribution in [1.82, 2.24) is 5.32 Å². The van der Waals surface area contributed by atoms with E-state index in [1.165, 1.54) is 13.2 Å². The monoisotopic (exact) mass is 326 g/mol. The van der Waals surface area contributed by atoms with E-state index in [0.29, 0.717) is 0 Å². The number of ether oxygens (including phenoxy) is 1. The van der Waals surface area contributed by atoms with Gasteiger partial charge in [-0.25, -0.2) is 9.69 Å². The normalized spacial score (nSPS) is 21.8. The fourth-order valence-electron chi connectivity index (χ4n) is 2.31. The fourth-order valence-corrected chi connectivity index (χ4v) is 2.31. The summed E-state index contributed by atoms with van der Waals surface area (Å²) in [5, 5.41) is 40.1. The summed E-state index contributed by atoms with van der Waals surface area (Å²) < 4.78 is 5.09. The van der Waals surface area contributed by atoms with Gasteiger partial charge in [0, 0.05) is 0 Å². The lowest BCUT2D eigenvalue weighted by molar-refractivity contribution is -0.127. The summed E-state index contributed by atoms with van der Waals surface area (Å²) in [6, 6.07) is 4.06. The Balaban J connectivity index is 2.27. The van der Waals surface area contributed by atoms with Gasteiger partial charge in [0.1, 0.15) is 30.1 Å². The predicted octanol–water partition coefficient (Wildman–Crippen LogP) is -1.80. The summed E-state index contributed by atoms with van der Waals surface area (Å²) in [6.07, 6.45) is -5.23. The molecule has 5 N–H and O–H groups in total. The number of hydrogen-bond acceptors (Lipinski definition) is 7. The first-order valence-corrected chi connectivity index (χ1v) is 6.85. The maximum atomic E-state index is 12.4. The lowest BCUT2D eigenvalue weighted by atomic mass is 10.0. The average Bonchev–Trinajstić information content (AvgIpc) is 2.87. The summed E-state index contributed by atoms with van der Waals surface area (Å²) in [5.74, 6) is -0.529. The largest absolute Gasteiger partial charge is 0.495 e. The van der Waals surface area contributed by atoms with Crippen molar-refractivity contribution in [1.29, 1.82) is 0 Å². The second-order valence-electron chi connectivity index (χ2n) is 5.00. The second-order valence-corrected chi connectivity index (χ2v) is 5.00. The lowest BCUT2D eigenvalue weighted by Crippen LogP contribution is -2.52. The Morgan fingerprint density at radius 2 is 1.91 bits per heavy atom. The number of anilines is 1.